The van der Waals surface area contributed by atoms with Crippen LogP contribution in [0.5, 0.6) is 11.5 Å². The summed E-state index contributed by atoms with van der Waals surface area (Å²) in [5, 5.41) is 3.19. The summed E-state index contributed by atoms with van der Waals surface area (Å²) >= 11 is 0. The van der Waals surface area contributed by atoms with E-state index >= 15 is 0 Å². The van der Waals surface area contributed by atoms with Crippen LogP contribution in [-0.2, 0) is 4.79 Å². The molecule has 2 aliphatic heterocycles. The van der Waals surface area contributed by atoms with Crippen molar-refractivity contribution in [3.05, 3.63) is 54.1 Å². The molecule has 1 amide bonds. The van der Waals surface area contributed by atoms with Crippen molar-refractivity contribution < 1.29 is 14.3 Å². The SMILES string of the molecule is COc1cccc(N2CCN(CC(=O)NC3CCOc4ccccc43)CC2)c1. The van der Waals surface area contributed by atoms with Gasteiger partial charge in [0.15, 0.2) is 0 Å². The number of fused-ring (bicyclic) bond motifs is 1. The zero-order valence-corrected chi connectivity index (χ0v) is 16.3. The highest BCUT2D eigenvalue weighted by molar-refractivity contribution is 5.78. The number of nitrogens with one attached hydrogen (secondary N) is 1. The lowest BCUT2D eigenvalue weighted by atomic mass is 10.0. The van der Waals surface area contributed by atoms with Crippen molar-refractivity contribution in [3.8, 4) is 11.5 Å². The van der Waals surface area contributed by atoms with Crippen molar-refractivity contribution >= 4 is 11.6 Å². The van der Waals surface area contributed by atoms with Crippen LogP contribution in [-0.4, -0.2) is 57.2 Å². The largest absolute Gasteiger partial charge is 0.497 e. The van der Waals surface area contributed by atoms with E-state index in [1.165, 1.54) is 5.69 Å². The highest BCUT2D eigenvalue weighted by Crippen LogP contribution is 2.31. The smallest absolute Gasteiger partial charge is 0.234 e. The van der Waals surface area contributed by atoms with E-state index in [1.807, 2.05) is 36.4 Å². The predicted molar refractivity (Wildman–Crippen MR) is 109 cm³/mol. The number of ether oxygens (including phenoxy) is 2. The average molecular weight is 381 g/mol. The summed E-state index contributed by atoms with van der Waals surface area (Å²) in [6.45, 7) is 4.62. The van der Waals surface area contributed by atoms with Gasteiger partial charge < -0.3 is 19.7 Å². The maximum atomic E-state index is 12.6. The number of methoxy groups -OCH3 is 1. The number of carbonyl (C=O) groups excluding carboxylic acids is 1. The zero-order chi connectivity index (χ0) is 19.3. The fourth-order valence-electron chi connectivity index (χ4n) is 3.91. The number of piperazine rings is 1. The summed E-state index contributed by atoms with van der Waals surface area (Å²) in [6, 6.07) is 16.1. The van der Waals surface area contributed by atoms with E-state index in [0.717, 1.165) is 49.7 Å². The molecule has 4 rings (SSSR count). The number of carbonyl (C=O) groups is 1. The molecular weight excluding hydrogens is 354 g/mol. The van der Waals surface area contributed by atoms with Gasteiger partial charge >= 0.3 is 0 Å². The van der Waals surface area contributed by atoms with Gasteiger partial charge in [0.05, 0.1) is 26.3 Å². The van der Waals surface area contributed by atoms with Crippen molar-refractivity contribution in [2.75, 3.05) is 51.3 Å². The molecule has 0 radical (unpaired) electrons. The van der Waals surface area contributed by atoms with Gasteiger partial charge in [0, 0.05) is 49.9 Å². The van der Waals surface area contributed by atoms with Crippen LogP contribution in [0.25, 0.3) is 0 Å². The maximum Gasteiger partial charge on any atom is 0.234 e. The number of hydrogen-bond donors (Lipinski definition) is 1. The van der Waals surface area contributed by atoms with E-state index in [9.17, 15) is 4.79 Å². The molecule has 1 unspecified atom stereocenters. The summed E-state index contributed by atoms with van der Waals surface area (Å²) in [5.41, 5.74) is 2.24. The Balaban J connectivity index is 1.29. The molecule has 0 aromatic heterocycles. The summed E-state index contributed by atoms with van der Waals surface area (Å²) < 4.78 is 11.0. The van der Waals surface area contributed by atoms with E-state index < -0.39 is 0 Å². The third-order valence-corrected chi connectivity index (χ3v) is 5.45. The minimum Gasteiger partial charge on any atom is -0.497 e. The predicted octanol–water partition coefficient (Wildman–Crippen LogP) is 2.46. The van der Waals surface area contributed by atoms with Gasteiger partial charge in [0.25, 0.3) is 0 Å². The maximum absolute atomic E-state index is 12.6. The van der Waals surface area contributed by atoms with Crippen molar-refractivity contribution in [1.82, 2.24) is 10.2 Å². The van der Waals surface area contributed by atoms with Gasteiger partial charge in [-0.3, -0.25) is 9.69 Å². The summed E-state index contributed by atoms with van der Waals surface area (Å²) in [6.07, 6.45) is 0.812. The number of hydrogen-bond acceptors (Lipinski definition) is 5. The Hall–Kier alpha value is -2.73. The number of para-hydroxylation sites is 1. The van der Waals surface area contributed by atoms with Crippen LogP contribution < -0.4 is 19.7 Å². The number of benzene rings is 2. The molecule has 28 heavy (non-hydrogen) atoms. The minimum atomic E-state index is 0.0375. The normalized spacial score (nSPS) is 19.5. The van der Waals surface area contributed by atoms with E-state index in [1.54, 1.807) is 7.11 Å². The zero-order valence-electron chi connectivity index (χ0n) is 16.3. The monoisotopic (exact) mass is 381 g/mol. The Bertz CT molecular complexity index is 818. The van der Waals surface area contributed by atoms with Crippen molar-refractivity contribution in [2.45, 2.75) is 12.5 Å². The van der Waals surface area contributed by atoms with Gasteiger partial charge in [0.2, 0.25) is 5.91 Å². The lowest BCUT2D eigenvalue weighted by Gasteiger charge is -2.36. The molecule has 0 spiro atoms. The van der Waals surface area contributed by atoms with E-state index in [-0.39, 0.29) is 11.9 Å². The first-order valence-corrected chi connectivity index (χ1v) is 9.85. The van der Waals surface area contributed by atoms with E-state index in [0.29, 0.717) is 13.2 Å². The van der Waals surface area contributed by atoms with Gasteiger partial charge in [-0.05, 0) is 18.2 Å². The molecule has 0 bridgehead atoms. The van der Waals surface area contributed by atoms with E-state index in [4.69, 9.17) is 9.47 Å². The van der Waals surface area contributed by atoms with Gasteiger partial charge in [0.1, 0.15) is 11.5 Å². The summed E-state index contributed by atoms with van der Waals surface area (Å²) in [4.78, 5) is 17.2. The van der Waals surface area contributed by atoms with Crippen LogP contribution in [0.4, 0.5) is 5.69 Å². The highest BCUT2D eigenvalue weighted by Gasteiger charge is 2.24. The molecule has 0 aliphatic carbocycles. The third-order valence-electron chi connectivity index (χ3n) is 5.45. The Morgan fingerprint density at radius 2 is 1.96 bits per heavy atom. The summed E-state index contributed by atoms with van der Waals surface area (Å²) in [7, 11) is 1.69. The fourth-order valence-corrected chi connectivity index (χ4v) is 3.91. The number of nitrogens with zero attached hydrogens (tertiary/aromatic N) is 2. The molecule has 1 fully saturated rings. The third kappa shape index (κ3) is 4.22. The van der Waals surface area contributed by atoms with Gasteiger partial charge in [-0.25, -0.2) is 0 Å². The Morgan fingerprint density at radius 3 is 2.79 bits per heavy atom. The second-order valence-electron chi connectivity index (χ2n) is 7.26. The molecule has 148 valence electrons. The molecule has 1 saturated heterocycles. The quantitative estimate of drug-likeness (QED) is 0.862. The molecular formula is C22H27N3O3. The van der Waals surface area contributed by atoms with Crippen molar-refractivity contribution in [2.24, 2.45) is 0 Å². The number of rotatable bonds is 5. The average Bonchev–Trinajstić information content (AvgIpc) is 2.74. The molecule has 2 heterocycles. The second kappa shape index (κ2) is 8.52. The molecule has 1 N–H and O–H groups in total. The van der Waals surface area contributed by atoms with Crippen molar-refractivity contribution in [3.63, 3.8) is 0 Å². The molecule has 1 atom stereocenters. The molecule has 6 nitrogen and oxygen atoms in total. The lowest BCUT2D eigenvalue weighted by molar-refractivity contribution is -0.123. The van der Waals surface area contributed by atoms with E-state index in [2.05, 4.69) is 27.2 Å². The van der Waals surface area contributed by atoms with Crippen molar-refractivity contribution in [1.29, 1.82) is 0 Å². The van der Waals surface area contributed by atoms with Crippen LogP contribution in [0.3, 0.4) is 0 Å². The number of amides is 1. The Morgan fingerprint density at radius 1 is 1.14 bits per heavy atom. The first-order valence-electron chi connectivity index (χ1n) is 9.85. The Kier molecular flexibility index (Phi) is 5.67. The van der Waals surface area contributed by atoms with Crippen LogP contribution in [0, 0.1) is 0 Å². The molecule has 2 aromatic carbocycles. The minimum absolute atomic E-state index is 0.0375. The molecule has 2 aliphatic rings. The summed E-state index contributed by atoms with van der Waals surface area (Å²) in [5.74, 6) is 1.83. The van der Waals surface area contributed by atoms with Crippen LogP contribution in [0.2, 0.25) is 0 Å². The molecule has 2 aromatic rings. The second-order valence-corrected chi connectivity index (χ2v) is 7.26. The molecule has 0 saturated carbocycles. The number of anilines is 1. The van der Waals surface area contributed by atoms with Crippen LogP contribution in [0.1, 0.15) is 18.0 Å². The van der Waals surface area contributed by atoms with Gasteiger partial charge in [-0.2, -0.15) is 0 Å². The Labute approximate surface area is 166 Å². The molecule has 6 heteroatoms. The lowest BCUT2D eigenvalue weighted by Crippen LogP contribution is -2.50. The van der Waals surface area contributed by atoms with Crippen LogP contribution >= 0.6 is 0 Å². The van der Waals surface area contributed by atoms with Crippen LogP contribution in [0.15, 0.2) is 48.5 Å². The van der Waals surface area contributed by atoms with Gasteiger partial charge in [-0.1, -0.05) is 24.3 Å². The topological polar surface area (TPSA) is 54.0 Å². The first-order chi connectivity index (χ1) is 13.7. The fraction of sp³-hybridized carbons (Fsp3) is 0.409. The first kappa shape index (κ1) is 18.6. The standard InChI is InChI=1S/C22H27N3O3/c1-27-18-6-4-5-17(15-18)25-12-10-24(11-13-25)16-22(26)23-20-9-14-28-21-8-3-2-7-19(20)21/h2-8,15,20H,9-14,16H2,1H3,(H,23,26). The highest BCUT2D eigenvalue weighted by atomic mass is 16.5. The van der Waals surface area contributed by atoms with Gasteiger partial charge in [-0.15, -0.1) is 0 Å².